The average molecular weight is 378 g/mol. The second kappa shape index (κ2) is 7.98. The van der Waals surface area contributed by atoms with E-state index in [1.165, 1.54) is 18.5 Å². The summed E-state index contributed by atoms with van der Waals surface area (Å²) < 4.78 is 0. The van der Waals surface area contributed by atoms with E-state index < -0.39 is 0 Å². The van der Waals surface area contributed by atoms with Gasteiger partial charge in [0.15, 0.2) is 0 Å². The van der Waals surface area contributed by atoms with E-state index in [9.17, 15) is 4.79 Å². The quantitative estimate of drug-likeness (QED) is 0.714. The number of benzene rings is 2. The molecule has 2 aromatic carbocycles. The van der Waals surface area contributed by atoms with Crippen LogP contribution in [0.1, 0.15) is 18.4 Å². The average Bonchev–Trinajstić information content (AvgIpc) is 3.16. The second-order valence-corrected chi connectivity index (χ2v) is 7.60. The SMILES string of the molecule is CN(C)C1CCN(c2ccc(NC(=O)Cc3ccc4n[nH]nc4c3)cc2)CC1. The number of H-pyrrole nitrogens is 1. The summed E-state index contributed by atoms with van der Waals surface area (Å²) in [5, 5.41) is 13.7. The lowest BCUT2D eigenvalue weighted by Crippen LogP contribution is -2.41. The zero-order valence-electron chi connectivity index (χ0n) is 16.4. The number of hydrogen-bond donors (Lipinski definition) is 2. The van der Waals surface area contributed by atoms with Crippen LogP contribution in [0.2, 0.25) is 0 Å². The van der Waals surface area contributed by atoms with Gasteiger partial charge in [-0.25, -0.2) is 0 Å². The standard InChI is InChI=1S/C21H26N6O/c1-26(2)17-9-11-27(12-10-17)18-6-4-16(5-7-18)22-21(28)14-15-3-8-19-20(13-15)24-25-23-19/h3-8,13,17H,9-12,14H2,1-2H3,(H,22,28)(H,23,24,25). The van der Waals surface area contributed by atoms with Gasteiger partial charge in [-0.1, -0.05) is 6.07 Å². The molecular weight excluding hydrogens is 352 g/mol. The Morgan fingerprint density at radius 1 is 1.11 bits per heavy atom. The Morgan fingerprint density at radius 3 is 2.54 bits per heavy atom. The van der Waals surface area contributed by atoms with Crippen LogP contribution in [-0.4, -0.2) is 59.4 Å². The van der Waals surface area contributed by atoms with E-state index in [2.05, 4.69) is 56.8 Å². The molecule has 7 nitrogen and oxygen atoms in total. The van der Waals surface area contributed by atoms with Gasteiger partial charge in [0.05, 0.1) is 6.42 Å². The summed E-state index contributed by atoms with van der Waals surface area (Å²) >= 11 is 0. The van der Waals surface area contributed by atoms with Crippen LogP contribution in [0.3, 0.4) is 0 Å². The molecule has 0 bridgehead atoms. The van der Waals surface area contributed by atoms with Gasteiger partial charge in [0, 0.05) is 30.5 Å². The van der Waals surface area contributed by atoms with Crippen LogP contribution in [0.25, 0.3) is 11.0 Å². The molecule has 0 unspecified atom stereocenters. The Morgan fingerprint density at radius 2 is 1.82 bits per heavy atom. The van der Waals surface area contributed by atoms with E-state index in [4.69, 9.17) is 0 Å². The van der Waals surface area contributed by atoms with Crippen molar-refractivity contribution in [1.29, 1.82) is 0 Å². The fourth-order valence-corrected chi connectivity index (χ4v) is 3.78. The maximum absolute atomic E-state index is 12.4. The molecular formula is C21H26N6O. The fraction of sp³-hybridized carbons (Fsp3) is 0.381. The number of nitrogens with zero attached hydrogens (tertiary/aromatic N) is 4. The summed E-state index contributed by atoms with van der Waals surface area (Å²) in [5.74, 6) is -0.0395. The Hall–Kier alpha value is -2.93. The Labute approximate surface area is 164 Å². The van der Waals surface area contributed by atoms with Crippen molar-refractivity contribution >= 4 is 28.3 Å². The number of anilines is 2. The molecule has 3 aromatic rings. The van der Waals surface area contributed by atoms with E-state index in [0.717, 1.165) is 35.4 Å². The first-order valence-electron chi connectivity index (χ1n) is 9.69. The van der Waals surface area contributed by atoms with Gasteiger partial charge in [-0.05, 0) is 68.9 Å². The fourth-order valence-electron chi connectivity index (χ4n) is 3.78. The molecule has 0 atom stereocenters. The predicted octanol–water partition coefficient (Wildman–Crippen LogP) is 2.67. The van der Waals surface area contributed by atoms with Gasteiger partial charge in [-0.15, -0.1) is 0 Å². The zero-order chi connectivity index (χ0) is 19.5. The third kappa shape index (κ3) is 4.14. The van der Waals surface area contributed by atoms with Crippen LogP contribution in [-0.2, 0) is 11.2 Å². The molecule has 4 rings (SSSR count). The van der Waals surface area contributed by atoms with Crippen LogP contribution < -0.4 is 10.2 Å². The lowest BCUT2D eigenvalue weighted by atomic mass is 10.0. The van der Waals surface area contributed by atoms with E-state index in [0.29, 0.717) is 12.5 Å². The van der Waals surface area contributed by atoms with E-state index in [1.54, 1.807) is 0 Å². The lowest BCUT2D eigenvalue weighted by Gasteiger charge is -2.36. The molecule has 28 heavy (non-hydrogen) atoms. The highest BCUT2D eigenvalue weighted by molar-refractivity contribution is 5.93. The van der Waals surface area contributed by atoms with Crippen molar-refractivity contribution in [3.63, 3.8) is 0 Å². The van der Waals surface area contributed by atoms with Crippen molar-refractivity contribution in [2.75, 3.05) is 37.4 Å². The van der Waals surface area contributed by atoms with Crippen molar-refractivity contribution in [3.05, 3.63) is 48.0 Å². The molecule has 1 fully saturated rings. The molecule has 1 amide bonds. The first-order valence-corrected chi connectivity index (χ1v) is 9.69. The van der Waals surface area contributed by atoms with Gasteiger partial charge >= 0.3 is 0 Å². The zero-order valence-corrected chi connectivity index (χ0v) is 16.4. The number of piperidine rings is 1. The summed E-state index contributed by atoms with van der Waals surface area (Å²) in [7, 11) is 4.31. The number of hydrogen-bond acceptors (Lipinski definition) is 5. The molecule has 2 heterocycles. The van der Waals surface area contributed by atoms with Gasteiger partial charge in [-0.2, -0.15) is 15.4 Å². The van der Waals surface area contributed by atoms with Gasteiger partial charge < -0.3 is 15.1 Å². The van der Waals surface area contributed by atoms with Gasteiger partial charge in [0.1, 0.15) is 11.0 Å². The molecule has 1 saturated heterocycles. The molecule has 0 saturated carbocycles. The minimum atomic E-state index is -0.0395. The Kier molecular flexibility index (Phi) is 5.25. The van der Waals surface area contributed by atoms with Crippen molar-refractivity contribution in [1.82, 2.24) is 20.3 Å². The normalized spacial score (nSPS) is 15.3. The maximum Gasteiger partial charge on any atom is 0.228 e. The number of amides is 1. The molecule has 0 aliphatic carbocycles. The largest absolute Gasteiger partial charge is 0.371 e. The smallest absolute Gasteiger partial charge is 0.228 e. The first-order chi connectivity index (χ1) is 13.6. The lowest BCUT2D eigenvalue weighted by molar-refractivity contribution is -0.115. The molecule has 1 aliphatic rings. The van der Waals surface area contributed by atoms with Crippen LogP contribution in [0.5, 0.6) is 0 Å². The summed E-state index contributed by atoms with van der Waals surface area (Å²) in [4.78, 5) is 17.1. The van der Waals surface area contributed by atoms with E-state index >= 15 is 0 Å². The van der Waals surface area contributed by atoms with Crippen LogP contribution in [0.15, 0.2) is 42.5 Å². The number of fused-ring (bicyclic) bond motifs is 1. The summed E-state index contributed by atoms with van der Waals surface area (Å²) in [6.45, 7) is 2.14. The minimum absolute atomic E-state index is 0.0395. The summed E-state index contributed by atoms with van der Waals surface area (Å²) in [5.41, 5.74) is 4.52. The van der Waals surface area contributed by atoms with Crippen molar-refractivity contribution in [2.24, 2.45) is 0 Å². The third-order valence-corrected chi connectivity index (χ3v) is 5.46. The maximum atomic E-state index is 12.4. The number of carbonyl (C=O) groups is 1. The topological polar surface area (TPSA) is 77.1 Å². The Bertz CT molecular complexity index is 941. The monoisotopic (exact) mass is 378 g/mol. The highest BCUT2D eigenvalue weighted by Gasteiger charge is 2.20. The van der Waals surface area contributed by atoms with Gasteiger partial charge in [0.2, 0.25) is 5.91 Å². The number of rotatable bonds is 5. The molecule has 146 valence electrons. The van der Waals surface area contributed by atoms with Crippen molar-refractivity contribution in [3.8, 4) is 0 Å². The van der Waals surface area contributed by atoms with E-state index in [1.807, 2.05) is 30.3 Å². The Balaban J connectivity index is 1.33. The number of aromatic amines is 1. The van der Waals surface area contributed by atoms with E-state index in [-0.39, 0.29) is 5.91 Å². The first kappa shape index (κ1) is 18.4. The molecule has 1 aromatic heterocycles. The molecule has 7 heteroatoms. The summed E-state index contributed by atoms with van der Waals surface area (Å²) in [6.07, 6.45) is 2.67. The van der Waals surface area contributed by atoms with Gasteiger partial charge in [0.25, 0.3) is 0 Å². The second-order valence-electron chi connectivity index (χ2n) is 7.60. The summed E-state index contributed by atoms with van der Waals surface area (Å²) in [6, 6.07) is 14.5. The van der Waals surface area contributed by atoms with Crippen LogP contribution >= 0.6 is 0 Å². The molecule has 0 radical (unpaired) electrons. The van der Waals surface area contributed by atoms with Gasteiger partial charge in [-0.3, -0.25) is 4.79 Å². The number of aromatic nitrogens is 3. The minimum Gasteiger partial charge on any atom is -0.371 e. The molecule has 1 aliphatic heterocycles. The third-order valence-electron chi connectivity index (χ3n) is 5.46. The van der Waals surface area contributed by atoms with Crippen molar-refractivity contribution < 1.29 is 4.79 Å². The molecule has 2 N–H and O–H groups in total. The van der Waals surface area contributed by atoms with Crippen molar-refractivity contribution in [2.45, 2.75) is 25.3 Å². The van der Waals surface area contributed by atoms with Crippen LogP contribution in [0, 0.1) is 0 Å². The van der Waals surface area contributed by atoms with Crippen LogP contribution in [0.4, 0.5) is 11.4 Å². The predicted molar refractivity (Wildman–Crippen MR) is 112 cm³/mol. The number of nitrogens with one attached hydrogen (secondary N) is 2. The molecule has 0 spiro atoms. The number of carbonyl (C=O) groups excluding carboxylic acids is 1. The highest BCUT2D eigenvalue weighted by Crippen LogP contribution is 2.23. The highest BCUT2D eigenvalue weighted by atomic mass is 16.1.